The van der Waals surface area contributed by atoms with Gasteiger partial charge in [-0.1, -0.05) is 0 Å². The van der Waals surface area contributed by atoms with Crippen LogP contribution in [0.25, 0.3) is 0 Å². The monoisotopic (exact) mass is 344 g/mol. The topological polar surface area (TPSA) is 59.3 Å². The number of hydrogen-bond acceptors (Lipinski definition) is 4. The van der Waals surface area contributed by atoms with E-state index in [0.717, 1.165) is 21.2 Å². The van der Waals surface area contributed by atoms with Crippen molar-refractivity contribution in [2.75, 3.05) is 0 Å². The molecule has 0 unspecified atom stereocenters. The van der Waals surface area contributed by atoms with Crippen LogP contribution in [0.5, 0.6) is 0 Å². The number of carbonyl (C=O) groups excluding carboxylic acids is 1. The van der Waals surface area contributed by atoms with E-state index in [1.54, 1.807) is 6.21 Å². The normalized spacial score (nSPS) is 12.0. The summed E-state index contributed by atoms with van der Waals surface area (Å²) >= 11 is 1.50. The first-order valence-corrected chi connectivity index (χ1v) is 7.63. The number of nitrogens with zero attached hydrogens (tertiary/aromatic N) is 3. The minimum atomic E-state index is -4.48. The van der Waals surface area contributed by atoms with Crippen molar-refractivity contribution in [3.05, 3.63) is 39.3 Å². The third-order valence-corrected chi connectivity index (χ3v) is 4.05. The van der Waals surface area contributed by atoms with Gasteiger partial charge in [0.25, 0.3) is 0 Å². The number of aromatic nitrogens is 2. The van der Waals surface area contributed by atoms with E-state index in [-0.39, 0.29) is 18.9 Å². The Kier molecular flexibility index (Phi) is 5.19. The standard InChI is InChI=1S/C14H15F3N4OS/c1-9-4-6-23-11(9)8-18-19-13(22)3-5-21-10(2)7-12(20-21)14(15,16)17/h4,6-8H,3,5H2,1-2H3,(H,19,22)/b18-8+. The summed E-state index contributed by atoms with van der Waals surface area (Å²) in [6, 6.07) is 2.89. The van der Waals surface area contributed by atoms with Gasteiger partial charge in [-0.05, 0) is 36.9 Å². The van der Waals surface area contributed by atoms with Gasteiger partial charge in [0.2, 0.25) is 5.91 Å². The number of hydrazone groups is 1. The molecule has 2 heterocycles. The van der Waals surface area contributed by atoms with Crippen LogP contribution in [0.1, 0.15) is 28.2 Å². The highest BCUT2D eigenvalue weighted by Crippen LogP contribution is 2.28. The first-order valence-electron chi connectivity index (χ1n) is 6.75. The molecule has 0 saturated carbocycles. The lowest BCUT2D eigenvalue weighted by atomic mass is 10.3. The predicted molar refractivity (Wildman–Crippen MR) is 81.4 cm³/mol. The summed E-state index contributed by atoms with van der Waals surface area (Å²) in [5.74, 6) is -0.390. The Morgan fingerprint density at radius 2 is 2.22 bits per heavy atom. The lowest BCUT2D eigenvalue weighted by Crippen LogP contribution is -2.20. The van der Waals surface area contributed by atoms with Gasteiger partial charge in [-0.25, -0.2) is 5.43 Å². The molecule has 2 aromatic heterocycles. The maximum Gasteiger partial charge on any atom is 0.435 e. The van der Waals surface area contributed by atoms with Gasteiger partial charge in [-0.15, -0.1) is 11.3 Å². The first kappa shape index (κ1) is 17.2. The van der Waals surface area contributed by atoms with Crippen LogP contribution in [0.4, 0.5) is 13.2 Å². The average molecular weight is 344 g/mol. The van der Waals surface area contributed by atoms with Crippen molar-refractivity contribution in [3.63, 3.8) is 0 Å². The zero-order chi connectivity index (χ0) is 17.0. The number of amides is 1. The van der Waals surface area contributed by atoms with E-state index >= 15 is 0 Å². The predicted octanol–water partition coefficient (Wildman–Crippen LogP) is 3.12. The molecule has 0 aliphatic carbocycles. The molecule has 0 aliphatic rings. The molecule has 2 aromatic rings. The Bertz CT molecular complexity index is 718. The maximum atomic E-state index is 12.5. The summed E-state index contributed by atoms with van der Waals surface area (Å²) in [6.45, 7) is 3.50. The molecule has 0 bridgehead atoms. The van der Waals surface area contributed by atoms with Gasteiger partial charge >= 0.3 is 6.18 Å². The number of carbonyl (C=O) groups is 1. The zero-order valence-electron chi connectivity index (χ0n) is 12.5. The lowest BCUT2D eigenvalue weighted by Gasteiger charge is -2.04. The second-order valence-corrected chi connectivity index (χ2v) is 5.85. The molecule has 0 saturated heterocycles. The zero-order valence-corrected chi connectivity index (χ0v) is 13.3. The highest BCUT2D eigenvalue weighted by Gasteiger charge is 2.34. The minimum absolute atomic E-state index is 0.0133. The molecule has 1 N–H and O–H groups in total. The second-order valence-electron chi connectivity index (χ2n) is 4.90. The van der Waals surface area contributed by atoms with Gasteiger partial charge in [0.15, 0.2) is 5.69 Å². The number of thiophene rings is 1. The van der Waals surface area contributed by atoms with Crippen LogP contribution in [0.15, 0.2) is 22.6 Å². The van der Waals surface area contributed by atoms with Crippen molar-refractivity contribution in [2.45, 2.75) is 33.0 Å². The van der Waals surface area contributed by atoms with Gasteiger partial charge in [0.1, 0.15) is 0 Å². The van der Waals surface area contributed by atoms with Gasteiger partial charge < -0.3 is 0 Å². The largest absolute Gasteiger partial charge is 0.435 e. The SMILES string of the molecule is Cc1ccsc1/C=N/NC(=O)CCn1nc(C(F)(F)F)cc1C. The van der Waals surface area contributed by atoms with E-state index in [2.05, 4.69) is 15.6 Å². The fourth-order valence-electron chi connectivity index (χ4n) is 1.82. The second kappa shape index (κ2) is 6.95. The summed E-state index contributed by atoms with van der Waals surface area (Å²) in [5, 5.41) is 9.20. The molecule has 0 spiro atoms. The molecule has 2 rings (SSSR count). The van der Waals surface area contributed by atoms with Crippen LogP contribution in [0.3, 0.4) is 0 Å². The fourth-order valence-corrected chi connectivity index (χ4v) is 2.60. The Labute approximate surface area is 134 Å². The van der Waals surface area contributed by atoms with Crippen LogP contribution in [0, 0.1) is 13.8 Å². The van der Waals surface area contributed by atoms with Crippen molar-refractivity contribution in [2.24, 2.45) is 5.10 Å². The lowest BCUT2D eigenvalue weighted by molar-refractivity contribution is -0.141. The van der Waals surface area contributed by atoms with Crippen molar-refractivity contribution in [1.82, 2.24) is 15.2 Å². The minimum Gasteiger partial charge on any atom is -0.273 e. The summed E-state index contributed by atoms with van der Waals surface area (Å²) in [7, 11) is 0. The van der Waals surface area contributed by atoms with E-state index < -0.39 is 11.9 Å². The third kappa shape index (κ3) is 4.65. The highest BCUT2D eigenvalue weighted by atomic mass is 32.1. The third-order valence-electron chi connectivity index (χ3n) is 3.10. The number of hydrogen-bond donors (Lipinski definition) is 1. The Hall–Kier alpha value is -2.16. The van der Waals surface area contributed by atoms with Crippen molar-refractivity contribution >= 4 is 23.5 Å². The van der Waals surface area contributed by atoms with E-state index in [1.807, 2.05) is 18.4 Å². The first-order chi connectivity index (χ1) is 10.8. The molecule has 0 aliphatic heterocycles. The molecule has 124 valence electrons. The molecule has 23 heavy (non-hydrogen) atoms. The summed E-state index contributed by atoms with van der Waals surface area (Å²) in [6.07, 6.45) is -2.96. The highest BCUT2D eigenvalue weighted by molar-refractivity contribution is 7.11. The van der Waals surface area contributed by atoms with Crippen LogP contribution in [-0.4, -0.2) is 21.9 Å². The van der Waals surface area contributed by atoms with Gasteiger partial charge in [-0.3, -0.25) is 9.48 Å². The number of aryl methyl sites for hydroxylation is 3. The molecule has 1 amide bonds. The van der Waals surface area contributed by atoms with E-state index in [9.17, 15) is 18.0 Å². The van der Waals surface area contributed by atoms with Gasteiger partial charge in [-0.2, -0.15) is 23.4 Å². The van der Waals surface area contributed by atoms with Crippen LogP contribution in [-0.2, 0) is 17.5 Å². The number of rotatable bonds is 5. The summed E-state index contributed by atoms with van der Waals surface area (Å²) in [5.41, 5.74) is 2.80. The smallest absolute Gasteiger partial charge is 0.273 e. The molecule has 0 radical (unpaired) electrons. The van der Waals surface area contributed by atoms with E-state index in [4.69, 9.17) is 0 Å². The summed E-state index contributed by atoms with van der Waals surface area (Å²) < 4.78 is 38.8. The van der Waals surface area contributed by atoms with E-state index in [0.29, 0.717) is 5.69 Å². The van der Waals surface area contributed by atoms with Gasteiger partial charge in [0.05, 0.1) is 12.8 Å². The Morgan fingerprint density at radius 1 is 1.48 bits per heavy atom. The van der Waals surface area contributed by atoms with Crippen LogP contribution < -0.4 is 5.43 Å². The molecule has 0 aromatic carbocycles. The molecule has 5 nitrogen and oxygen atoms in total. The molecule has 0 atom stereocenters. The molecular weight excluding hydrogens is 329 g/mol. The fraction of sp³-hybridized carbons (Fsp3) is 0.357. The van der Waals surface area contributed by atoms with Crippen LogP contribution >= 0.6 is 11.3 Å². The number of nitrogens with one attached hydrogen (secondary N) is 1. The number of alkyl halides is 3. The average Bonchev–Trinajstić information content (AvgIpc) is 3.03. The van der Waals surface area contributed by atoms with E-state index in [1.165, 1.54) is 18.3 Å². The van der Waals surface area contributed by atoms with Crippen molar-refractivity contribution < 1.29 is 18.0 Å². The van der Waals surface area contributed by atoms with Crippen LogP contribution in [0.2, 0.25) is 0 Å². The van der Waals surface area contributed by atoms with Crippen molar-refractivity contribution in [1.29, 1.82) is 0 Å². The molecule has 9 heteroatoms. The van der Waals surface area contributed by atoms with Gasteiger partial charge in [0, 0.05) is 17.0 Å². The van der Waals surface area contributed by atoms with Crippen molar-refractivity contribution in [3.8, 4) is 0 Å². The Morgan fingerprint density at radius 3 is 2.78 bits per heavy atom. The maximum absolute atomic E-state index is 12.5. The Balaban J connectivity index is 1.86. The molecule has 0 fully saturated rings. The molecular formula is C14H15F3N4OS. The summed E-state index contributed by atoms with van der Waals surface area (Å²) in [4.78, 5) is 12.6. The number of halogens is 3. The quantitative estimate of drug-likeness (QED) is 0.669.